The van der Waals surface area contributed by atoms with E-state index in [2.05, 4.69) is 23.8 Å². The maximum Gasteiger partial charge on any atom is 0.131 e. The van der Waals surface area contributed by atoms with E-state index in [-0.39, 0.29) is 0 Å². The van der Waals surface area contributed by atoms with Crippen molar-refractivity contribution in [3.8, 4) is 11.3 Å². The standard InChI is InChI=1S/C13H12Cl2N2/c1-8(2)13-16-6-5-12(17-13)9-3-4-10(14)11(15)7-9/h3-8H,1-2H3. The van der Waals surface area contributed by atoms with E-state index >= 15 is 0 Å². The molecule has 4 heteroatoms. The van der Waals surface area contributed by atoms with E-state index in [1.165, 1.54) is 0 Å². The molecule has 0 saturated carbocycles. The van der Waals surface area contributed by atoms with E-state index in [0.29, 0.717) is 16.0 Å². The highest BCUT2D eigenvalue weighted by Gasteiger charge is 2.07. The first-order valence-corrected chi connectivity index (χ1v) is 6.12. The number of halogens is 2. The van der Waals surface area contributed by atoms with Gasteiger partial charge in [0.1, 0.15) is 5.82 Å². The molecule has 2 rings (SSSR count). The van der Waals surface area contributed by atoms with Crippen LogP contribution in [-0.2, 0) is 0 Å². The summed E-state index contributed by atoms with van der Waals surface area (Å²) >= 11 is 11.9. The second kappa shape index (κ2) is 5.03. The molecule has 0 aliphatic heterocycles. The Hall–Kier alpha value is -1.12. The second-order valence-electron chi connectivity index (χ2n) is 4.08. The van der Waals surface area contributed by atoms with Crippen molar-refractivity contribution in [2.75, 3.05) is 0 Å². The Morgan fingerprint density at radius 2 is 1.82 bits per heavy atom. The second-order valence-corrected chi connectivity index (χ2v) is 4.90. The molecule has 0 fully saturated rings. The van der Waals surface area contributed by atoms with Crippen molar-refractivity contribution < 1.29 is 0 Å². The number of aromatic nitrogens is 2. The van der Waals surface area contributed by atoms with Gasteiger partial charge in [-0.2, -0.15) is 0 Å². The smallest absolute Gasteiger partial charge is 0.131 e. The van der Waals surface area contributed by atoms with Crippen molar-refractivity contribution in [2.24, 2.45) is 0 Å². The lowest BCUT2D eigenvalue weighted by Crippen LogP contribution is -1.97. The number of nitrogens with zero attached hydrogens (tertiary/aromatic N) is 2. The largest absolute Gasteiger partial charge is 0.241 e. The van der Waals surface area contributed by atoms with Crippen LogP contribution in [0.15, 0.2) is 30.5 Å². The molecule has 2 nitrogen and oxygen atoms in total. The monoisotopic (exact) mass is 266 g/mol. The summed E-state index contributed by atoms with van der Waals surface area (Å²) in [5, 5.41) is 1.09. The normalized spacial score (nSPS) is 10.9. The quantitative estimate of drug-likeness (QED) is 0.796. The Morgan fingerprint density at radius 3 is 2.47 bits per heavy atom. The van der Waals surface area contributed by atoms with Gasteiger partial charge in [-0.25, -0.2) is 9.97 Å². The molecule has 0 amide bonds. The minimum atomic E-state index is 0.303. The van der Waals surface area contributed by atoms with Crippen LogP contribution in [-0.4, -0.2) is 9.97 Å². The van der Waals surface area contributed by atoms with Crippen LogP contribution in [0.1, 0.15) is 25.6 Å². The van der Waals surface area contributed by atoms with Gasteiger partial charge in [0.25, 0.3) is 0 Å². The Morgan fingerprint density at radius 1 is 1.06 bits per heavy atom. The molecule has 0 radical (unpaired) electrons. The zero-order valence-electron chi connectivity index (χ0n) is 9.61. The molecular formula is C13H12Cl2N2. The van der Waals surface area contributed by atoms with Gasteiger partial charge in [0.05, 0.1) is 15.7 Å². The molecule has 2 aromatic rings. The van der Waals surface area contributed by atoms with Gasteiger partial charge in [-0.1, -0.05) is 43.1 Å². The van der Waals surface area contributed by atoms with Crippen molar-refractivity contribution in [3.05, 3.63) is 46.3 Å². The van der Waals surface area contributed by atoms with Crippen LogP contribution < -0.4 is 0 Å². The van der Waals surface area contributed by atoms with Crippen LogP contribution in [0.3, 0.4) is 0 Å². The van der Waals surface area contributed by atoms with Gasteiger partial charge in [0.15, 0.2) is 0 Å². The molecule has 0 atom stereocenters. The molecule has 0 N–H and O–H groups in total. The summed E-state index contributed by atoms with van der Waals surface area (Å²) < 4.78 is 0. The average molecular weight is 267 g/mol. The fraction of sp³-hybridized carbons (Fsp3) is 0.231. The minimum absolute atomic E-state index is 0.303. The van der Waals surface area contributed by atoms with E-state index in [4.69, 9.17) is 23.2 Å². The van der Waals surface area contributed by atoms with Crippen molar-refractivity contribution in [1.82, 2.24) is 9.97 Å². The van der Waals surface area contributed by atoms with E-state index in [1.807, 2.05) is 18.2 Å². The summed E-state index contributed by atoms with van der Waals surface area (Å²) in [6.45, 7) is 4.13. The van der Waals surface area contributed by atoms with Gasteiger partial charge in [0, 0.05) is 17.7 Å². The molecule has 0 unspecified atom stereocenters. The first kappa shape index (κ1) is 12.3. The molecule has 1 aromatic carbocycles. The molecule has 0 aliphatic carbocycles. The van der Waals surface area contributed by atoms with E-state index in [9.17, 15) is 0 Å². The number of rotatable bonds is 2. The SMILES string of the molecule is CC(C)c1nccc(-c2ccc(Cl)c(Cl)c2)n1. The predicted molar refractivity (Wildman–Crippen MR) is 71.6 cm³/mol. The third-order valence-electron chi connectivity index (χ3n) is 2.41. The van der Waals surface area contributed by atoms with Gasteiger partial charge >= 0.3 is 0 Å². The van der Waals surface area contributed by atoms with Crippen LogP contribution in [0, 0.1) is 0 Å². The topological polar surface area (TPSA) is 25.8 Å². The van der Waals surface area contributed by atoms with Crippen molar-refractivity contribution >= 4 is 23.2 Å². The van der Waals surface area contributed by atoms with Crippen LogP contribution in [0.5, 0.6) is 0 Å². The van der Waals surface area contributed by atoms with Crippen LogP contribution >= 0.6 is 23.2 Å². The van der Waals surface area contributed by atoms with Gasteiger partial charge in [0.2, 0.25) is 0 Å². The zero-order chi connectivity index (χ0) is 12.4. The van der Waals surface area contributed by atoms with Crippen LogP contribution in [0.25, 0.3) is 11.3 Å². The third-order valence-corrected chi connectivity index (χ3v) is 3.15. The maximum absolute atomic E-state index is 5.99. The average Bonchev–Trinajstić information content (AvgIpc) is 2.33. The van der Waals surface area contributed by atoms with Gasteiger partial charge in [-0.05, 0) is 18.2 Å². The lowest BCUT2D eigenvalue weighted by Gasteiger charge is -2.06. The highest BCUT2D eigenvalue weighted by atomic mass is 35.5. The van der Waals surface area contributed by atoms with E-state index in [0.717, 1.165) is 17.1 Å². The predicted octanol–water partition coefficient (Wildman–Crippen LogP) is 4.57. The summed E-state index contributed by atoms with van der Waals surface area (Å²) in [6.07, 6.45) is 1.76. The van der Waals surface area contributed by atoms with Crippen molar-refractivity contribution in [3.63, 3.8) is 0 Å². The van der Waals surface area contributed by atoms with Crippen molar-refractivity contribution in [1.29, 1.82) is 0 Å². The summed E-state index contributed by atoms with van der Waals surface area (Å²) in [7, 11) is 0. The van der Waals surface area contributed by atoms with Crippen LogP contribution in [0.4, 0.5) is 0 Å². The highest BCUT2D eigenvalue weighted by molar-refractivity contribution is 6.42. The Labute approximate surface area is 111 Å². The van der Waals surface area contributed by atoms with Gasteiger partial charge in [-0.3, -0.25) is 0 Å². The Kier molecular flexibility index (Phi) is 3.65. The van der Waals surface area contributed by atoms with E-state index in [1.54, 1.807) is 12.3 Å². The molecule has 88 valence electrons. The van der Waals surface area contributed by atoms with Crippen LogP contribution in [0.2, 0.25) is 10.0 Å². The fourth-order valence-electron chi connectivity index (χ4n) is 1.47. The zero-order valence-corrected chi connectivity index (χ0v) is 11.1. The Balaban J connectivity index is 2.45. The summed E-state index contributed by atoms with van der Waals surface area (Å²) in [5.41, 5.74) is 1.81. The number of benzene rings is 1. The summed E-state index contributed by atoms with van der Waals surface area (Å²) in [6, 6.07) is 7.36. The lowest BCUT2D eigenvalue weighted by atomic mass is 10.1. The molecule has 0 spiro atoms. The summed E-state index contributed by atoms with van der Waals surface area (Å²) in [5.74, 6) is 1.13. The van der Waals surface area contributed by atoms with Crippen molar-refractivity contribution in [2.45, 2.75) is 19.8 Å². The molecule has 1 heterocycles. The minimum Gasteiger partial charge on any atom is -0.241 e. The first-order chi connectivity index (χ1) is 8.08. The molecule has 0 saturated heterocycles. The highest BCUT2D eigenvalue weighted by Crippen LogP contribution is 2.27. The molecule has 0 bridgehead atoms. The fourth-order valence-corrected chi connectivity index (χ4v) is 1.77. The first-order valence-electron chi connectivity index (χ1n) is 5.36. The molecule has 1 aromatic heterocycles. The molecular weight excluding hydrogens is 255 g/mol. The lowest BCUT2D eigenvalue weighted by molar-refractivity contribution is 0.776. The molecule has 0 aliphatic rings. The number of hydrogen-bond acceptors (Lipinski definition) is 2. The Bertz CT molecular complexity index is 539. The summed E-state index contributed by atoms with van der Waals surface area (Å²) in [4.78, 5) is 8.73. The third kappa shape index (κ3) is 2.76. The van der Waals surface area contributed by atoms with E-state index < -0.39 is 0 Å². The number of hydrogen-bond donors (Lipinski definition) is 0. The maximum atomic E-state index is 5.99. The molecule has 17 heavy (non-hydrogen) atoms. The van der Waals surface area contributed by atoms with Gasteiger partial charge < -0.3 is 0 Å². The van der Waals surface area contributed by atoms with Gasteiger partial charge in [-0.15, -0.1) is 0 Å².